The van der Waals surface area contributed by atoms with E-state index in [0.717, 1.165) is 43.1 Å². The Hall–Kier alpha value is -3.39. The van der Waals surface area contributed by atoms with Crippen LogP contribution in [0.2, 0.25) is 0 Å². The molecule has 0 aromatic heterocycles. The Morgan fingerprint density at radius 3 is 1.61 bits per heavy atom. The molecular weight excluding hydrogens is 595 g/mol. The first-order valence-corrected chi connectivity index (χ1v) is 14.7. The summed E-state index contributed by atoms with van der Waals surface area (Å²) in [5, 5.41) is 0. The minimum absolute atomic E-state index is 0. The number of hydrogen-bond donors (Lipinski definition) is 0. The van der Waals surface area contributed by atoms with Crippen molar-refractivity contribution in [1.29, 1.82) is 0 Å². The van der Waals surface area contributed by atoms with Gasteiger partial charge in [-0.2, -0.15) is 0 Å². The van der Waals surface area contributed by atoms with Gasteiger partial charge in [-0.1, -0.05) is 103 Å². The van der Waals surface area contributed by atoms with Gasteiger partial charge in [0.1, 0.15) is 11.2 Å². The van der Waals surface area contributed by atoms with E-state index < -0.39 is 11.6 Å². The molecule has 4 aromatic rings. The van der Waals surface area contributed by atoms with E-state index in [9.17, 15) is 4.79 Å². The van der Waals surface area contributed by atoms with Gasteiger partial charge in [0.25, 0.3) is 0 Å². The van der Waals surface area contributed by atoms with Crippen molar-refractivity contribution >= 4 is 30.8 Å². The van der Waals surface area contributed by atoms with Crippen molar-refractivity contribution in [2.45, 2.75) is 30.2 Å². The summed E-state index contributed by atoms with van der Waals surface area (Å²) in [6.45, 7) is 3.23. The number of benzene rings is 4. The second-order valence-electron chi connectivity index (χ2n) is 11.1. The van der Waals surface area contributed by atoms with E-state index in [1.165, 1.54) is 11.1 Å². The first-order valence-electron chi connectivity index (χ1n) is 14.7. The topological polar surface area (TPSA) is 51.2 Å². The molecule has 2 fully saturated rings. The normalized spacial score (nSPS) is 20.6. The molecule has 6 nitrogen and oxygen atoms in total. The van der Waals surface area contributed by atoms with Gasteiger partial charge in [0.2, 0.25) is 0 Å². The summed E-state index contributed by atoms with van der Waals surface area (Å²) in [6.07, 6.45) is -0.107. The Balaban J connectivity index is 0.00000221. The zero-order chi connectivity index (χ0) is 28.9. The maximum atomic E-state index is 14.0. The molecule has 1 saturated carbocycles. The average Bonchev–Trinajstić information content (AvgIpc) is 3.82. The Bertz CT molecular complexity index is 1410. The Morgan fingerprint density at radius 1 is 0.682 bits per heavy atom. The van der Waals surface area contributed by atoms with Gasteiger partial charge in [0, 0.05) is 38.9 Å². The van der Waals surface area contributed by atoms with E-state index in [-0.39, 0.29) is 42.9 Å². The molecular formula is C36H40Cl2N2O4. The smallest absolute Gasteiger partial charge is 0.321 e. The third-order valence-electron chi connectivity index (χ3n) is 8.73. The molecule has 3 atom stereocenters. The minimum atomic E-state index is -0.818. The number of piperazine rings is 1. The fourth-order valence-corrected chi connectivity index (χ4v) is 6.34. The summed E-state index contributed by atoms with van der Waals surface area (Å²) in [5.41, 5.74) is 3.61. The summed E-state index contributed by atoms with van der Waals surface area (Å²) in [6, 6.07) is 39.3. The van der Waals surface area contributed by atoms with Crippen LogP contribution in [0.1, 0.15) is 40.9 Å². The second-order valence-corrected chi connectivity index (χ2v) is 11.1. The molecule has 4 aromatic carbocycles. The van der Waals surface area contributed by atoms with Crippen LogP contribution in [-0.2, 0) is 19.7 Å². The largest absolute Gasteiger partial charge is 0.497 e. The lowest BCUT2D eigenvalue weighted by Crippen LogP contribution is -2.50. The van der Waals surface area contributed by atoms with Crippen LogP contribution < -0.4 is 4.74 Å². The van der Waals surface area contributed by atoms with Gasteiger partial charge >= 0.3 is 5.97 Å². The van der Waals surface area contributed by atoms with Gasteiger partial charge in [-0.15, -0.1) is 24.8 Å². The first-order chi connectivity index (χ1) is 20.6. The molecule has 2 aliphatic rings. The van der Waals surface area contributed by atoms with Crippen molar-refractivity contribution < 1.29 is 19.0 Å². The Labute approximate surface area is 272 Å². The van der Waals surface area contributed by atoms with Gasteiger partial charge in [0.05, 0.1) is 19.3 Å². The number of methoxy groups -OCH3 is 2. The standard InChI is InChI=1S/C36H38N2O4.2ClH/c1-40-31-20-18-30(19-21-31)36(26-32(36)41-2)35(39)42-34(29-16-10-5-11-17-29)38-24-22-37(23-25-38)33(27-12-6-3-7-13-27)28-14-8-4-9-15-28;;/h3-21,32-34H,22-26H2,1-2H3;2*1H/t32-,34?,36-;;/m0../s1. The van der Waals surface area contributed by atoms with Gasteiger partial charge < -0.3 is 14.2 Å². The number of nitrogens with zero attached hydrogens (tertiary/aromatic N) is 2. The molecule has 1 aliphatic carbocycles. The lowest BCUT2D eigenvalue weighted by molar-refractivity contribution is -0.167. The number of carbonyl (C=O) groups is 1. The average molecular weight is 636 g/mol. The van der Waals surface area contributed by atoms with Gasteiger partial charge in [0.15, 0.2) is 6.23 Å². The van der Waals surface area contributed by atoms with E-state index in [2.05, 4.69) is 70.5 Å². The molecule has 44 heavy (non-hydrogen) atoms. The maximum absolute atomic E-state index is 14.0. The lowest BCUT2D eigenvalue weighted by atomic mass is 9.95. The molecule has 0 amide bonds. The van der Waals surface area contributed by atoms with Crippen LogP contribution in [0.25, 0.3) is 0 Å². The SMILES string of the molecule is COc1ccc([C@@]2(C(=O)OC(c3ccccc3)N3CCN(C(c4ccccc4)c4ccccc4)CC3)C[C@@H]2OC)cc1.Cl.Cl. The highest BCUT2D eigenvalue weighted by Crippen LogP contribution is 2.52. The van der Waals surface area contributed by atoms with E-state index in [1.54, 1.807) is 14.2 Å². The molecule has 1 saturated heterocycles. The van der Waals surface area contributed by atoms with Crippen LogP contribution >= 0.6 is 24.8 Å². The zero-order valence-electron chi connectivity index (χ0n) is 25.1. The van der Waals surface area contributed by atoms with Crippen molar-refractivity contribution in [3.8, 4) is 5.75 Å². The zero-order valence-corrected chi connectivity index (χ0v) is 26.7. The lowest BCUT2D eigenvalue weighted by Gasteiger charge is -2.42. The number of ether oxygens (including phenoxy) is 3. The molecule has 6 rings (SSSR count). The first kappa shape index (κ1) is 33.5. The molecule has 232 valence electrons. The van der Waals surface area contributed by atoms with Crippen LogP contribution in [0.5, 0.6) is 5.75 Å². The Kier molecular flexibility index (Phi) is 11.5. The summed E-state index contributed by atoms with van der Waals surface area (Å²) in [5.74, 6) is 0.503. The molecule has 0 bridgehead atoms. The van der Waals surface area contributed by atoms with Crippen molar-refractivity contribution in [2.75, 3.05) is 40.4 Å². The van der Waals surface area contributed by atoms with Crippen LogP contribution in [0, 0.1) is 0 Å². The number of rotatable bonds is 10. The highest BCUT2D eigenvalue weighted by Gasteiger charge is 2.64. The minimum Gasteiger partial charge on any atom is -0.497 e. The van der Waals surface area contributed by atoms with E-state index in [0.29, 0.717) is 6.42 Å². The molecule has 0 spiro atoms. The van der Waals surface area contributed by atoms with E-state index in [1.807, 2.05) is 54.6 Å². The summed E-state index contributed by atoms with van der Waals surface area (Å²) in [4.78, 5) is 18.9. The number of hydrogen-bond acceptors (Lipinski definition) is 6. The maximum Gasteiger partial charge on any atom is 0.321 e. The molecule has 0 radical (unpaired) electrons. The molecule has 1 unspecified atom stereocenters. The molecule has 1 heterocycles. The Morgan fingerprint density at radius 2 is 1.16 bits per heavy atom. The highest BCUT2D eigenvalue weighted by molar-refractivity contribution is 5.88. The predicted octanol–water partition coefficient (Wildman–Crippen LogP) is 6.84. The molecule has 1 aliphatic heterocycles. The van der Waals surface area contributed by atoms with Crippen LogP contribution in [0.4, 0.5) is 0 Å². The van der Waals surface area contributed by atoms with E-state index >= 15 is 0 Å². The van der Waals surface area contributed by atoms with Gasteiger partial charge in [-0.3, -0.25) is 14.6 Å². The van der Waals surface area contributed by atoms with Crippen molar-refractivity contribution in [2.24, 2.45) is 0 Å². The van der Waals surface area contributed by atoms with Crippen LogP contribution in [0.15, 0.2) is 115 Å². The summed E-state index contributed by atoms with van der Waals surface area (Å²) < 4.78 is 17.5. The highest BCUT2D eigenvalue weighted by atomic mass is 35.5. The third-order valence-corrected chi connectivity index (χ3v) is 8.73. The van der Waals surface area contributed by atoms with Crippen LogP contribution in [-0.4, -0.2) is 62.3 Å². The third kappa shape index (κ3) is 6.80. The monoisotopic (exact) mass is 634 g/mol. The van der Waals surface area contributed by atoms with Crippen LogP contribution in [0.3, 0.4) is 0 Å². The van der Waals surface area contributed by atoms with Crippen molar-refractivity contribution in [1.82, 2.24) is 9.80 Å². The predicted molar refractivity (Wildman–Crippen MR) is 178 cm³/mol. The van der Waals surface area contributed by atoms with Crippen molar-refractivity contribution in [3.05, 3.63) is 138 Å². The quantitative estimate of drug-likeness (QED) is 0.178. The number of carbonyl (C=O) groups excluding carboxylic acids is 1. The van der Waals surface area contributed by atoms with Gasteiger partial charge in [-0.25, -0.2) is 0 Å². The summed E-state index contributed by atoms with van der Waals surface area (Å²) in [7, 11) is 3.30. The molecule has 8 heteroatoms. The van der Waals surface area contributed by atoms with Crippen molar-refractivity contribution in [3.63, 3.8) is 0 Å². The van der Waals surface area contributed by atoms with Gasteiger partial charge in [-0.05, 0) is 35.2 Å². The fourth-order valence-electron chi connectivity index (χ4n) is 6.34. The second kappa shape index (κ2) is 15.1. The fraction of sp³-hybridized carbons (Fsp3) is 0.306. The number of halogens is 2. The van der Waals surface area contributed by atoms with E-state index in [4.69, 9.17) is 14.2 Å². The number of esters is 1. The summed E-state index contributed by atoms with van der Waals surface area (Å²) >= 11 is 0. The molecule has 0 N–H and O–H groups in total.